The molecule has 0 aromatic rings. The standard InChI is InChI=1S/C9H13F2NO3/c1-2-9(8(14)15)3-4-12(5-9)7(13)6(10)11/h6H,2-5H2,1H3,(H,14,15). The van der Waals surface area contributed by atoms with Crippen molar-refractivity contribution in [2.75, 3.05) is 13.1 Å². The first kappa shape index (κ1) is 11.9. The van der Waals surface area contributed by atoms with Crippen LogP contribution in [0.15, 0.2) is 0 Å². The number of likely N-dealkylation sites (tertiary alicyclic amines) is 1. The molecule has 1 saturated heterocycles. The molecule has 0 saturated carbocycles. The van der Waals surface area contributed by atoms with Crippen molar-refractivity contribution < 1.29 is 23.5 Å². The van der Waals surface area contributed by atoms with Crippen molar-refractivity contribution in [2.45, 2.75) is 26.2 Å². The molecule has 86 valence electrons. The van der Waals surface area contributed by atoms with Gasteiger partial charge in [0.2, 0.25) is 0 Å². The summed E-state index contributed by atoms with van der Waals surface area (Å²) in [5.41, 5.74) is -1.04. The van der Waals surface area contributed by atoms with Crippen LogP contribution in [0.5, 0.6) is 0 Å². The van der Waals surface area contributed by atoms with Crippen LogP contribution in [0, 0.1) is 5.41 Å². The molecule has 0 aromatic heterocycles. The lowest BCUT2D eigenvalue weighted by atomic mass is 9.84. The number of carbonyl (C=O) groups is 2. The number of carbonyl (C=O) groups excluding carboxylic acids is 1. The minimum Gasteiger partial charge on any atom is -0.481 e. The molecule has 1 fully saturated rings. The molecular formula is C9H13F2NO3. The summed E-state index contributed by atoms with van der Waals surface area (Å²) in [4.78, 5) is 22.9. The topological polar surface area (TPSA) is 57.6 Å². The summed E-state index contributed by atoms with van der Waals surface area (Å²) in [6.07, 6.45) is -2.46. The molecule has 1 aliphatic heterocycles. The second kappa shape index (κ2) is 4.12. The van der Waals surface area contributed by atoms with Gasteiger partial charge in [0.25, 0.3) is 5.91 Å². The summed E-state index contributed by atoms with van der Waals surface area (Å²) in [6, 6.07) is 0. The van der Waals surface area contributed by atoms with Crippen LogP contribution in [0.1, 0.15) is 19.8 Å². The lowest BCUT2D eigenvalue weighted by molar-refractivity contribution is -0.149. The number of carboxylic acids is 1. The number of alkyl halides is 2. The maximum absolute atomic E-state index is 12.1. The molecule has 0 aromatic carbocycles. The van der Waals surface area contributed by atoms with E-state index in [9.17, 15) is 18.4 Å². The second-order valence-electron chi connectivity index (χ2n) is 3.75. The van der Waals surface area contributed by atoms with Gasteiger partial charge in [-0.05, 0) is 12.8 Å². The van der Waals surface area contributed by atoms with E-state index in [4.69, 9.17) is 5.11 Å². The zero-order valence-electron chi connectivity index (χ0n) is 8.37. The van der Waals surface area contributed by atoms with Gasteiger partial charge in [-0.1, -0.05) is 6.92 Å². The van der Waals surface area contributed by atoms with Crippen molar-refractivity contribution in [1.82, 2.24) is 4.90 Å². The number of amides is 1. The van der Waals surface area contributed by atoms with Gasteiger partial charge in [-0.15, -0.1) is 0 Å². The fraction of sp³-hybridized carbons (Fsp3) is 0.778. The summed E-state index contributed by atoms with van der Waals surface area (Å²) >= 11 is 0. The summed E-state index contributed by atoms with van der Waals surface area (Å²) in [6.45, 7) is 1.68. The second-order valence-corrected chi connectivity index (χ2v) is 3.75. The van der Waals surface area contributed by atoms with Crippen molar-refractivity contribution in [1.29, 1.82) is 0 Å². The summed E-state index contributed by atoms with van der Waals surface area (Å²) in [5.74, 6) is -2.29. The maximum Gasteiger partial charge on any atom is 0.315 e. The Labute approximate surface area is 85.9 Å². The fourth-order valence-electron chi connectivity index (χ4n) is 1.81. The van der Waals surface area contributed by atoms with Crippen molar-refractivity contribution in [2.24, 2.45) is 5.41 Å². The van der Waals surface area contributed by atoms with E-state index in [0.717, 1.165) is 4.90 Å². The molecule has 1 N–H and O–H groups in total. The van der Waals surface area contributed by atoms with Gasteiger partial charge in [0.1, 0.15) is 0 Å². The molecule has 1 rings (SSSR count). The molecular weight excluding hydrogens is 208 g/mol. The van der Waals surface area contributed by atoms with E-state index in [1.54, 1.807) is 6.92 Å². The third-order valence-corrected chi connectivity index (χ3v) is 2.98. The number of nitrogens with zero attached hydrogens (tertiary/aromatic N) is 1. The van der Waals surface area contributed by atoms with Gasteiger partial charge in [-0.3, -0.25) is 9.59 Å². The van der Waals surface area contributed by atoms with Crippen LogP contribution in [-0.2, 0) is 9.59 Å². The van der Waals surface area contributed by atoms with Crippen LogP contribution >= 0.6 is 0 Å². The number of rotatable bonds is 3. The molecule has 0 spiro atoms. The van der Waals surface area contributed by atoms with E-state index in [1.165, 1.54) is 0 Å². The first-order chi connectivity index (χ1) is 6.93. The number of carboxylic acid groups (broad SMARTS) is 1. The lowest BCUT2D eigenvalue weighted by Gasteiger charge is -2.22. The smallest absolute Gasteiger partial charge is 0.315 e. The molecule has 4 nitrogen and oxygen atoms in total. The molecule has 1 heterocycles. The van der Waals surface area contributed by atoms with Crippen molar-refractivity contribution in [3.8, 4) is 0 Å². The zero-order valence-corrected chi connectivity index (χ0v) is 8.37. The predicted molar refractivity (Wildman–Crippen MR) is 47.6 cm³/mol. The van der Waals surface area contributed by atoms with Gasteiger partial charge < -0.3 is 10.0 Å². The molecule has 0 aliphatic carbocycles. The van der Waals surface area contributed by atoms with Gasteiger partial charge in [0.05, 0.1) is 5.41 Å². The molecule has 0 radical (unpaired) electrons. The highest BCUT2D eigenvalue weighted by molar-refractivity contribution is 5.82. The summed E-state index contributed by atoms with van der Waals surface area (Å²) in [5, 5.41) is 8.98. The average molecular weight is 221 g/mol. The molecule has 0 bridgehead atoms. The van der Waals surface area contributed by atoms with Crippen LogP contribution in [0.25, 0.3) is 0 Å². The number of hydrogen-bond acceptors (Lipinski definition) is 2. The average Bonchev–Trinajstić information content (AvgIpc) is 2.61. The predicted octanol–water partition coefficient (Wildman–Crippen LogP) is 0.965. The first-order valence-corrected chi connectivity index (χ1v) is 4.73. The van der Waals surface area contributed by atoms with Gasteiger partial charge >= 0.3 is 12.4 Å². The Kier molecular flexibility index (Phi) is 3.26. The quantitative estimate of drug-likeness (QED) is 0.772. The monoisotopic (exact) mass is 221 g/mol. The van der Waals surface area contributed by atoms with Gasteiger partial charge in [0.15, 0.2) is 0 Å². The molecule has 1 atom stereocenters. The van der Waals surface area contributed by atoms with Gasteiger partial charge in [-0.2, -0.15) is 8.78 Å². The summed E-state index contributed by atoms with van der Waals surface area (Å²) < 4.78 is 24.2. The van der Waals surface area contributed by atoms with Crippen LogP contribution in [0.4, 0.5) is 8.78 Å². The number of hydrogen-bond donors (Lipinski definition) is 1. The largest absolute Gasteiger partial charge is 0.481 e. The lowest BCUT2D eigenvalue weighted by Crippen LogP contribution is -2.38. The Balaban J connectivity index is 2.73. The van der Waals surface area contributed by atoms with Gasteiger partial charge in [-0.25, -0.2) is 0 Å². The third-order valence-electron chi connectivity index (χ3n) is 2.98. The van der Waals surface area contributed by atoms with E-state index in [0.29, 0.717) is 6.42 Å². The normalized spacial score (nSPS) is 26.0. The molecule has 1 aliphatic rings. The Morgan fingerprint density at radius 2 is 2.13 bits per heavy atom. The fourth-order valence-corrected chi connectivity index (χ4v) is 1.81. The van der Waals surface area contributed by atoms with Crippen LogP contribution in [0.3, 0.4) is 0 Å². The SMILES string of the molecule is CCC1(C(=O)O)CCN(C(=O)C(F)F)C1. The molecule has 1 amide bonds. The number of aliphatic carboxylic acids is 1. The zero-order chi connectivity index (χ0) is 11.6. The minimum absolute atomic E-state index is 0.101. The third kappa shape index (κ3) is 2.08. The van der Waals surface area contributed by atoms with E-state index in [2.05, 4.69) is 0 Å². The molecule has 1 unspecified atom stereocenters. The number of halogens is 2. The van der Waals surface area contributed by atoms with Crippen molar-refractivity contribution in [3.05, 3.63) is 0 Å². The Hall–Kier alpha value is -1.20. The maximum atomic E-state index is 12.1. The van der Waals surface area contributed by atoms with Crippen LogP contribution in [0.2, 0.25) is 0 Å². The first-order valence-electron chi connectivity index (χ1n) is 4.73. The van der Waals surface area contributed by atoms with Crippen molar-refractivity contribution >= 4 is 11.9 Å². The van der Waals surface area contributed by atoms with E-state index in [-0.39, 0.29) is 19.5 Å². The van der Waals surface area contributed by atoms with Crippen molar-refractivity contribution in [3.63, 3.8) is 0 Å². The van der Waals surface area contributed by atoms with E-state index in [1.807, 2.05) is 0 Å². The molecule has 6 heteroatoms. The highest BCUT2D eigenvalue weighted by Crippen LogP contribution is 2.34. The Bertz CT molecular complexity index is 283. The summed E-state index contributed by atoms with van der Waals surface area (Å²) in [7, 11) is 0. The van der Waals surface area contributed by atoms with Crippen LogP contribution in [-0.4, -0.2) is 41.4 Å². The molecule has 15 heavy (non-hydrogen) atoms. The Morgan fingerprint density at radius 1 is 1.53 bits per heavy atom. The van der Waals surface area contributed by atoms with Crippen LogP contribution < -0.4 is 0 Å². The van der Waals surface area contributed by atoms with E-state index < -0.39 is 23.7 Å². The minimum atomic E-state index is -3.05. The van der Waals surface area contributed by atoms with E-state index >= 15 is 0 Å². The van der Waals surface area contributed by atoms with Gasteiger partial charge in [0, 0.05) is 13.1 Å². The Morgan fingerprint density at radius 3 is 2.47 bits per heavy atom. The highest BCUT2D eigenvalue weighted by atomic mass is 19.3. The highest BCUT2D eigenvalue weighted by Gasteiger charge is 2.45.